The van der Waals surface area contributed by atoms with E-state index in [1.807, 2.05) is 6.07 Å². The molecule has 0 amide bonds. The largest absolute Gasteiger partial charge is 0.495 e. The van der Waals surface area contributed by atoms with Crippen molar-refractivity contribution in [1.29, 1.82) is 5.26 Å². The zero-order chi connectivity index (χ0) is 26.6. The Hall–Kier alpha value is -4.30. The van der Waals surface area contributed by atoms with E-state index in [9.17, 15) is 23.3 Å². The summed E-state index contributed by atoms with van der Waals surface area (Å²) in [5.74, 6) is -3.16. The van der Waals surface area contributed by atoms with Crippen LogP contribution in [0.5, 0.6) is 5.75 Å². The van der Waals surface area contributed by atoms with E-state index in [-0.39, 0.29) is 44.7 Å². The van der Waals surface area contributed by atoms with Crippen molar-refractivity contribution in [2.75, 3.05) is 32.0 Å². The minimum absolute atomic E-state index is 0.0191. The van der Waals surface area contributed by atoms with Crippen LogP contribution in [0, 0.1) is 11.3 Å². The van der Waals surface area contributed by atoms with Gasteiger partial charge in [0.2, 0.25) is 0 Å². The van der Waals surface area contributed by atoms with Gasteiger partial charge in [0, 0.05) is 0 Å². The van der Waals surface area contributed by atoms with Gasteiger partial charge in [0.15, 0.2) is 9.84 Å². The minimum Gasteiger partial charge on any atom is -0.495 e. The van der Waals surface area contributed by atoms with E-state index in [0.29, 0.717) is 5.56 Å². The van der Waals surface area contributed by atoms with E-state index in [1.54, 1.807) is 30.3 Å². The molecule has 1 aliphatic heterocycles. The van der Waals surface area contributed by atoms with Crippen molar-refractivity contribution < 1.29 is 32.2 Å². The molecule has 1 aliphatic rings. The fourth-order valence-electron chi connectivity index (χ4n) is 3.97. The van der Waals surface area contributed by atoms with E-state index >= 15 is 0 Å². The van der Waals surface area contributed by atoms with Crippen molar-refractivity contribution in [3.05, 3.63) is 76.8 Å². The van der Waals surface area contributed by atoms with Gasteiger partial charge in [0.1, 0.15) is 17.3 Å². The predicted molar refractivity (Wildman–Crippen MR) is 130 cm³/mol. The Morgan fingerprint density at radius 3 is 2.22 bits per heavy atom. The number of nitriles is 1. The van der Waals surface area contributed by atoms with Gasteiger partial charge in [-0.05, 0) is 23.8 Å². The summed E-state index contributed by atoms with van der Waals surface area (Å²) in [6, 6.07) is 14.6. The van der Waals surface area contributed by atoms with Crippen LogP contribution >= 0.6 is 0 Å². The highest BCUT2D eigenvalue weighted by Gasteiger charge is 2.43. The van der Waals surface area contributed by atoms with Crippen LogP contribution in [0.1, 0.15) is 18.4 Å². The third-order valence-corrected chi connectivity index (χ3v) is 7.47. The zero-order valence-electron chi connectivity index (χ0n) is 20.1. The number of anilines is 1. The third kappa shape index (κ3) is 4.50. The van der Waals surface area contributed by atoms with Crippen LogP contribution in [0.3, 0.4) is 0 Å². The highest BCUT2D eigenvalue weighted by molar-refractivity contribution is 7.91. The quantitative estimate of drug-likeness (QED) is 0.549. The topological polar surface area (TPSA) is 149 Å². The molecule has 2 aromatic rings. The lowest BCUT2D eigenvalue weighted by atomic mass is 9.81. The average molecular weight is 512 g/mol. The van der Waals surface area contributed by atoms with Crippen molar-refractivity contribution in [1.82, 2.24) is 0 Å². The zero-order valence-corrected chi connectivity index (χ0v) is 21.0. The minimum atomic E-state index is -3.68. The number of methoxy groups -OCH3 is 3. The molecule has 1 unspecified atom stereocenters. The van der Waals surface area contributed by atoms with Crippen molar-refractivity contribution >= 4 is 27.5 Å². The summed E-state index contributed by atoms with van der Waals surface area (Å²) in [4.78, 5) is 27.4. The summed E-state index contributed by atoms with van der Waals surface area (Å²) in [6.45, 7) is 1.49. The smallest absolute Gasteiger partial charge is 0.355 e. The van der Waals surface area contributed by atoms with Gasteiger partial charge in [-0.2, -0.15) is 5.26 Å². The molecule has 0 radical (unpaired) electrons. The van der Waals surface area contributed by atoms with E-state index < -0.39 is 27.7 Å². The molecule has 0 aliphatic carbocycles. The van der Waals surface area contributed by atoms with Crippen molar-refractivity contribution in [2.24, 2.45) is 5.73 Å². The Morgan fingerprint density at radius 1 is 1.06 bits per heavy atom. The maximum atomic E-state index is 13.2. The number of carbonyl (C=O) groups is 2. The third-order valence-electron chi connectivity index (χ3n) is 5.74. The lowest BCUT2D eigenvalue weighted by molar-refractivity contribution is -0.139. The Morgan fingerprint density at radius 2 is 1.69 bits per heavy atom. The maximum Gasteiger partial charge on any atom is 0.355 e. The first-order valence-corrected chi connectivity index (χ1v) is 12.4. The summed E-state index contributed by atoms with van der Waals surface area (Å²) in [7, 11) is -0.0776. The van der Waals surface area contributed by atoms with Crippen LogP contribution in [0.4, 0.5) is 5.69 Å². The standard InChI is InChI=1S/C25H25N3O7S/c1-5-36(31,32)16-11-12-19(33-2)18(13-16)28-22(25(30)35-4)21(24(29)34-3)20(17(14-26)23(28)27)15-9-7-6-8-10-15/h6-13,20H,5,27H2,1-4H3. The first-order chi connectivity index (χ1) is 17.2. The molecule has 0 fully saturated rings. The number of hydrogen-bond acceptors (Lipinski definition) is 10. The average Bonchev–Trinajstić information content (AvgIpc) is 2.91. The highest BCUT2D eigenvalue weighted by atomic mass is 32.2. The molecule has 188 valence electrons. The second kappa shape index (κ2) is 10.5. The molecule has 36 heavy (non-hydrogen) atoms. The van der Waals surface area contributed by atoms with Crippen molar-refractivity contribution in [3.8, 4) is 11.8 Å². The highest BCUT2D eigenvalue weighted by Crippen LogP contribution is 2.45. The van der Waals surface area contributed by atoms with Crippen LogP contribution in [-0.2, 0) is 28.9 Å². The van der Waals surface area contributed by atoms with Crippen LogP contribution in [0.15, 0.2) is 76.1 Å². The SMILES string of the molecule is CCS(=O)(=O)c1ccc(OC)c(N2C(N)=C(C#N)C(c3ccccc3)C(C(=O)OC)=C2C(=O)OC)c1. The summed E-state index contributed by atoms with van der Waals surface area (Å²) < 4.78 is 40.7. The van der Waals surface area contributed by atoms with E-state index in [2.05, 4.69) is 0 Å². The second-order valence-corrected chi connectivity index (χ2v) is 9.85. The number of sulfone groups is 1. The number of ether oxygens (including phenoxy) is 3. The Balaban J connectivity index is 2.49. The molecule has 11 heteroatoms. The fourth-order valence-corrected chi connectivity index (χ4v) is 4.87. The lowest BCUT2D eigenvalue weighted by Crippen LogP contribution is -2.41. The van der Waals surface area contributed by atoms with Gasteiger partial charge in [-0.3, -0.25) is 4.90 Å². The first-order valence-electron chi connectivity index (χ1n) is 10.7. The number of esters is 2. The molecule has 0 saturated carbocycles. The number of benzene rings is 2. The molecule has 1 heterocycles. The van der Waals surface area contributed by atoms with Gasteiger partial charge in [0.25, 0.3) is 0 Å². The van der Waals surface area contributed by atoms with Crippen molar-refractivity contribution in [2.45, 2.75) is 17.7 Å². The molecular weight excluding hydrogens is 486 g/mol. The van der Waals surface area contributed by atoms with Gasteiger partial charge < -0.3 is 19.9 Å². The van der Waals surface area contributed by atoms with E-state index in [4.69, 9.17) is 19.9 Å². The molecular formula is C25H25N3O7S. The van der Waals surface area contributed by atoms with Gasteiger partial charge >= 0.3 is 11.9 Å². The monoisotopic (exact) mass is 511 g/mol. The van der Waals surface area contributed by atoms with Gasteiger partial charge in [0.05, 0.1) is 60.8 Å². The molecule has 0 aromatic heterocycles. The van der Waals surface area contributed by atoms with Crippen LogP contribution in [-0.4, -0.2) is 47.4 Å². The molecule has 2 aromatic carbocycles. The molecule has 0 spiro atoms. The normalized spacial score (nSPS) is 15.9. The fraction of sp³-hybridized carbons (Fsp3) is 0.240. The summed E-state index contributed by atoms with van der Waals surface area (Å²) in [5, 5.41) is 10.1. The molecule has 3 rings (SSSR count). The van der Waals surface area contributed by atoms with Gasteiger partial charge in [-0.25, -0.2) is 18.0 Å². The lowest BCUT2D eigenvalue weighted by Gasteiger charge is -2.36. The molecule has 2 N–H and O–H groups in total. The Kier molecular flexibility index (Phi) is 7.70. The van der Waals surface area contributed by atoms with E-state index in [0.717, 1.165) is 19.1 Å². The number of allylic oxidation sites excluding steroid dienone is 1. The molecule has 0 saturated heterocycles. The second-order valence-electron chi connectivity index (χ2n) is 7.57. The predicted octanol–water partition coefficient (Wildman–Crippen LogP) is 2.39. The Labute approximate surface area is 209 Å². The van der Waals surface area contributed by atoms with Gasteiger partial charge in [-0.1, -0.05) is 37.3 Å². The number of carbonyl (C=O) groups excluding carboxylic acids is 2. The van der Waals surface area contributed by atoms with E-state index in [1.165, 1.54) is 32.2 Å². The number of nitrogens with two attached hydrogens (primary N) is 1. The number of nitrogens with zero attached hydrogens (tertiary/aromatic N) is 2. The summed E-state index contributed by atoms with van der Waals surface area (Å²) >= 11 is 0. The van der Waals surface area contributed by atoms with Crippen LogP contribution < -0.4 is 15.4 Å². The first kappa shape index (κ1) is 26.3. The molecule has 1 atom stereocenters. The summed E-state index contributed by atoms with van der Waals surface area (Å²) in [6.07, 6.45) is 0. The molecule has 10 nitrogen and oxygen atoms in total. The van der Waals surface area contributed by atoms with Crippen molar-refractivity contribution in [3.63, 3.8) is 0 Å². The van der Waals surface area contributed by atoms with Crippen LogP contribution in [0.2, 0.25) is 0 Å². The van der Waals surface area contributed by atoms with Gasteiger partial charge in [-0.15, -0.1) is 0 Å². The summed E-state index contributed by atoms with van der Waals surface area (Å²) in [5.41, 5.74) is 6.41. The Bertz CT molecular complexity index is 1410. The number of hydrogen-bond donors (Lipinski definition) is 1. The molecule has 0 bridgehead atoms. The number of rotatable bonds is 7. The maximum absolute atomic E-state index is 13.2. The van der Waals surface area contributed by atoms with Crippen LogP contribution in [0.25, 0.3) is 0 Å².